The summed E-state index contributed by atoms with van der Waals surface area (Å²) in [4.78, 5) is 28.5. The fraction of sp³-hybridized carbons (Fsp3) is 0.286. The Kier molecular flexibility index (Phi) is 7.60. The van der Waals surface area contributed by atoms with Gasteiger partial charge in [-0.2, -0.15) is 0 Å². The summed E-state index contributed by atoms with van der Waals surface area (Å²) in [6, 6.07) is 24.6. The number of carbonyl (C=O) groups is 2. The van der Waals surface area contributed by atoms with Crippen LogP contribution in [0.1, 0.15) is 30.0 Å². The molecular weight excluding hydrogens is 426 g/mol. The summed E-state index contributed by atoms with van der Waals surface area (Å²) in [6.45, 7) is 3.30. The second kappa shape index (κ2) is 11.0. The Bertz CT molecular complexity index is 1110. The van der Waals surface area contributed by atoms with Gasteiger partial charge in [-0.3, -0.25) is 14.5 Å². The first-order chi connectivity index (χ1) is 16.5. The Morgan fingerprint density at radius 3 is 2.21 bits per heavy atom. The van der Waals surface area contributed by atoms with Gasteiger partial charge < -0.3 is 15.4 Å². The number of ether oxygens (including phenoxy) is 1. The summed E-state index contributed by atoms with van der Waals surface area (Å²) in [5.41, 5.74) is 3.44. The molecule has 0 aromatic heterocycles. The van der Waals surface area contributed by atoms with E-state index in [-0.39, 0.29) is 17.7 Å². The van der Waals surface area contributed by atoms with Crippen molar-refractivity contribution in [2.24, 2.45) is 5.92 Å². The van der Waals surface area contributed by atoms with Gasteiger partial charge in [-0.1, -0.05) is 54.6 Å². The van der Waals surface area contributed by atoms with Crippen LogP contribution in [-0.4, -0.2) is 36.9 Å². The zero-order valence-electron chi connectivity index (χ0n) is 19.7. The highest BCUT2D eigenvalue weighted by Crippen LogP contribution is 2.31. The number of para-hydroxylation sites is 1. The van der Waals surface area contributed by atoms with E-state index >= 15 is 0 Å². The molecule has 1 atom stereocenters. The van der Waals surface area contributed by atoms with Gasteiger partial charge in [0.1, 0.15) is 11.8 Å². The maximum atomic E-state index is 13.6. The van der Waals surface area contributed by atoms with E-state index in [2.05, 4.69) is 15.5 Å². The molecule has 1 aliphatic rings. The summed E-state index contributed by atoms with van der Waals surface area (Å²) in [7, 11) is 1.60. The molecule has 6 heteroatoms. The molecule has 3 aromatic rings. The van der Waals surface area contributed by atoms with Crippen molar-refractivity contribution in [2.75, 3.05) is 30.8 Å². The molecule has 3 aromatic carbocycles. The average Bonchev–Trinajstić information content (AvgIpc) is 2.86. The monoisotopic (exact) mass is 457 g/mol. The number of benzene rings is 3. The second-order valence-electron chi connectivity index (χ2n) is 8.67. The van der Waals surface area contributed by atoms with Crippen molar-refractivity contribution in [3.63, 3.8) is 0 Å². The highest BCUT2D eigenvalue weighted by molar-refractivity contribution is 5.97. The normalized spacial score (nSPS) is 15.4. The number of nitrogens with one attached hydrogen (secondary N) is 2. The minimum Gasteiger partial charge on any atom is -0.495 e. The van der Waals surface area contributed by atoms with E-state index in [4.69, 9.17) is 4.74 Å². The zero-order chi connectivity index (χ0) is 23.9. The predicted octanol–water partition coefficient (Wildman–Crippen LogP) is 5.03. The molecule has 0 saturated carbocycles. The fourth-order valence-electron chi connectivity index (χ4n) is 4.47. The second-order valence-corrected chi connectivity index (χ2v) is 8.67. The zero-order valence-corrected chi connectivity index (χ0v) is 19.7. The molecule has 0 bridgehead atoms. The van der Waals surface area contributed by atoms with Gasteiger partial charge in [0.25, 0.3) is 0 Å². The van der Waals surface area contributed by atoms with Crippen molar-refractivity contribution < 1.29 is 14.3 Å². The van der Waals surface area contributed by atoms with Crippen molar-refractivity contribution in [1.29, 1.82) is 0 Å². The van der Waals surface area contributed by atoms with Crippen LogP contribution in [0, 0.1) is 12.8 Å². The van der Waals surface area contributed by atoms with Crippen LogP contribution in [0.3, 0.4) is 0 Å². The van der Waals surface area contributed by atoms with Crippen LogP contribution in [0.4, 0.5) is 11.4 Å². The van der Waals surface area contributed by atoms with Gasteiger partial charge >= 0.3 is 0 Å². The van der Waals surface area contributed by atoms with Crippen LogP contribution in [0.5, 0.6) is 5.75 Å². The molecule has 1 aliphatic heterocycles. The van der Waals surface area contributed by atoms with E-state index in [1.807, 2.05) is 85.8 Å². The fourth-order valence-corrected chi connectivity index (χ4v) is 4.47. The first-order valence-corrected chi connectivity index (χ1v) is 11.7. The number of piperidine rings is 1. The smallest absolute Gasteiger partial charge is 0.246 e. The summed E-state index contributed by atoms with van der Waals surface area (Å²) in [6.07, 6.45) is 1.39. The van der Waals surface area contributed by atoms with Gasteiger partial charge in [0.05, 0.1) is 12.8 Å². The number of hydrogen-bond donors (Lipinski definition) is 2. The highest BCUT2D eigenvalue weighted by atomic mass is 16.5. The maximum absolute atomic E-state index is 13.6. The third-order valence-electron chi connectivity index (χ3n) is 6.28. The van der Waals surface area contributed by atoms with Crippen LogP contribution in [-0.2, 0) is 9.59 Å². The highest BCUT2D eigenvalue weighted by Gasteiger charge is 2.33. The van der Waals surface area contributed by atoms with Gasteiger partial charge in [-0.15, -0.1) is 0 Å². The van der Waals surface area contributed by atoms with E-state index < -0.39 is 6.04 Å². The van der Waals surface area contributed by atoms with E-state index in [1.165, 1.54) is 0 Å². The van der Waals surface area contributed by atoms with Gasteiger partial charge in [0, 0.05) is 11.6 Å². The number of carbonyl (C=O) groups excluding carboxylic acids is 2. The van der Waals surface area contributed by atoms with Crippen molar-refractivity contribution in [1.82, 2.24) is 4.90 Å². The molecule has 1 unspecified atom stereocenters. The summed E-state index contributed by atoms with van der Waals surface area (Å²) in [5, 5.41) is 6.09. The molecule has 2 N–H and O–H groups in total. The molecule has 0 aliphatic carbocycles. The first-order valence-electron chi connectivity index (χ1n) is 11.7. The minimum absolute atomic E-state index is 0.0380. The largest absolute Gasteiger partial charge is 0.495 e. The Morgan fingerprint density at radius 1 is 0.912 bits per heavy atom. The molecule has 6 nitrogen and oxygen atoms in total. The number of likely N-dealkylation sites (tertiary alicyclic amines) is 1. The van der Waals surface area contributed by atoms with Crippen LogP contribution in [0.25, 0.3) is 0 Å². The van der Waals surface area contributed by atoms with Crippen molar-refractivity contribution in [3.05, 3.63) is 90.0 Å². The van der Waals surface area contributed by atoms with E-state index in [0.29, 0.717) is 37.4 Å². The third kappa shape index (κ3) is 5.64. The molecule has 176 valence electrons. The standard InChI is InChI=1S/C28H31N3O3/c1-20-13-14-25(34-2)24(19-20)30-28(33)26(21-9-5-3-6-10-21)31-17-15-22(16-18-31)27(32)29-23-11-7-4-8-12-23/h3-14,19,22,26H,15-18H2,1-2H3,(H,29,32)(H,30,33). The topological polar surface area (TPSA) is 70.7 Å². The van der Waals surface area contributed by atoms with Crippen LogP contribution in [0.2, 0.25) is 0 Å². The van der Waals surface area contributed by atoms with Gasteiger partial charge in [-0.05, 0) is 68.2 Å². The van der Waals surface area contributed by atoms with Crippen LogP contribution in [0.15, 0.2) is 78.9 Å². The van der Waals surface area contributed by atoms with E-state index in [9.17, 15) is 9.59 Å². The lowest BCUT2D eigenvalue weighted by Crippen LogP contribution is -2.44. The number of hydrogen-bond acceptors (Lipinski definition) is 4. The maximum Gasteiger partial charge on any atom is 0.246 e. The van der Waals surface area contributed by atoms with E-state index in [1.54, 1.807) is 7.11 Å². The Morgan fingerprint density at radius 2 is 1.56 bits per heavy atom. The first kappa shape index (κ1) is 23.5. The molecule has 0 spiro atoms. The van der Waals surface area contributed by atoms with Crippen molar-refractivity contribution >= 4 is 23.2 Å². The summed E-state index contributed by atoms with van der Waals surface area (Å²) in [5.74, 6) is 0.480. The quantitative estimate of drug-likeness (QED) is 0.522. The third-order valence-corrected chi connectivity index (χ3v) is 6.28. The molecule has 4 rings (SSSR count). The number of rotatable bonds is 7. The van der Waals surface area contributed by atoms with Gasteiger partial charge in [0.2, 0.25) is 11.8 Å². The van der Waals surface area contributed by atoms with Crippen molar-refractivity contribution in [2.45, 2.75) is 25.8 Å². The van der Waals surface area contributed by atoms with E-state index in [0.717, 1.165) is 16.8 Å². The number of methoxy groups -OCH3 is 1. The lowest BCUT2D eigenvalue weighted by atomic mass is 9.93. The van der Waals surface area contributed by atoms with Crippen LogP contribution >= 0.6 is 0 Å². The molecule has 34 heavy (non-hydrogen) atoms. The summed E-state index contributed by atoms with van der Waals surface area (Å²) < 4.78 is 5.45. The number of nitrogens with zero attached hydrogens (tertiary/aromatic N) is 1. The molecule has 2 amide bonds. The van der Waals surface area contributed by atoms with Crippen LogP contribution < -0.4 is 15.4 Å². The lowest BCUT2D eigenvalue weighted by molar-refractivity contribution is -0.124. The molecular formula is C28H31N3O3. The van der Waals surface area contributed by atoms with Crippen molar-refractivity contribution in [3.8, 4) is 5.75 Å². The predicted molar refractivity (Wildman–Crippen MR) is 135 cm³/mol. The number of amides is 2. The molecule has 1 saturated heterocycles. The summed E-state index contributed by atoms with van der Waals surface area (Å²) >= 11 is 0. The van der Waals surface area contributed by atoms with Gasteiger partial charge in [0.15, 0.2) is 0 Å². The Hall–Kier alpha value is -3.64. The minimum atomic E-state index is -0.454. The van der Waals surface area contributed by atoms with Gasteiger partial charge in [-0.25, -0.2) is 0 Å². The average molecular weight is 458 g/mol. The molecule has 1 fully saturated rings. The number of aryl methyl sites for hydroxylation is 1. The molecule has 1 heterocycles. The SMILES string of the molecule is COc1ccc(C)cc1NC(=O)C(c1ccccc1)N1CCC(C(=O)Nc2ccccc2)CC1. The Labute approximate surface area is 200 Å². The number of anilines is 2. The lowest BCUT2D eigenvalue weighted by Gasteiger charge is -2.36. The Balaban J connectivity index is 1.48. The molecule has 0 radical (unpaired) electrons.